The zero-order valence-electron chi connectivity index (χ0n) is 10.8. The first-order valence-corrected chi connectivity index (χ1v) is 6.57. The molecule has 0 aromatic carbocycles. The van der Waals surface area contributed by atoms with Crippen LogP contribution in [-0.4, -0.2) is 5.78 Å². The van der Waals surface area contributed by atoms with E-state index in [0.717, 1.165) is 18.8 Å². The molecule has 88 valence electrons. The van der Waals surface area contributed by atoms with Crippen molar-refractivity contribution in [2.24, 2.45) is 17.3 Å². The van der Waals surface area contributed by atoms with E-state index in [1.54, 1.807) is 0 Å². The first-order valence-electron chi connectivity index (χ1n) is 6.57. The van der Waals surface area contributed by atoms with Crippen molar-refractivity contribution in [3.05, 3.63) is 0 Å². The second-order valence-corrected chi connectivity index (χ2v) is 5.82. The minimum absolute atomic E-state index is 0.152. The number of ketones is 1. The lowest BCUT2D eigenvalue weighted by Crippen LogP contribution is -2.26. The van der Waals surface area contributed by atoms with Gasteiger partial charge in [0.2, 0.25) is 0 Å². The average Bonchev–Trinajstić information content (AvgIpc) is 2.60. The molecule has 1 unspecified atom stereocenters. The molecule has 2 aliphatic carbocycles. The van der Waals surface area contributed by atoms with Crippen LogP contribution in [0.1, 0.15) is 66.2 Å². The molecule has 0 aromatic rings. The van der Waals surface area contributed by atoms with Crippen LogP contribution in [0, 0.1) is 17.3 Å². The maximum atomic E-state index is 11.7. The quantitative estimate of drug-likeness (QED) is 0.667. The highest BCUT2D eigenvalue weighted by molar-refractivity contribution is 5.88. The van der Waals surface area contributed by atoms with Gasteiger partial charge in [-0.1, -0.05) is 34.1 Å². The first-order chi connectivity index (χ1) is 7.04. The largest absolute Gasteiger partial charge is 0.299 e. The monoisotopic (exact) mass is 210 g/mol. The van der Waals surface area contributed by atoms with Crippen molar-refractivity contribution in [2.75, 3.05) is 0 Å². The molecule has 0 saturated heterocycles. The first kappa shape index (κ1) is 12.7. The van der Waals surface area contributed by atoms with Crippen molar-refractivity contribution in [3.8, 4) is 0 Å². The maximum Gasteiger partial charge on any atom is 0.139 e. The molecule has 2 bridgehead atoms. The van der Waals surface area contributed by atoms with Gasteiger partial charge in [-0.15, -0.1) is 0 Å². The van der Waals surface area contributed by atoms with Gasteiger partial charge in [-0.05, 0) is 37.5 Å². The van der Waals surface area contributed by atoms with Gasteiger partial charge >= 0.3 is 0 Å². The zero-order valence-corrected chi connectivity index (χ0v) is 10.8. The summed E-state index contributed by atoms with van der Waals surface area (Å²) in [6.07, 6.45) is 7.01. The van der Waals surface area contributed by atoms with Gasteiger partial charge in [0, 0.05) is 11.8 Å². The summed E-state index contributed by atoms with van der Waals surface area (Å²) < 4.78 is 0. The molecule has 15 heavy (non-hydrogen) atoms. The second-order valence-electron chi connectivity index (χ2n) is 5.82. The van der Waals surface area contributed by atoms with E-state index in [2.05, 4.69) is 27.7 Å². The SMILES string of the molecule is CC(C)C[C@@]12CCC(CC1=O)C2.CCC. The lowest BCUT2D eigenvalue weighted by Gasteiger charge is -2.26. The van der Waals surface area contributed by atoms with Crippen LogP contribution in [0.5, 0.6) is 0 Å². The Labute approximate surface area is 94.6 Å². The van der Waals surface area contributed by atoms with Gasteiger partial charge < -0.3 is 0 Å². The van der Waals surface area contributed by atoms with Crippen molar-refractivity contribution in [2.45, 2.75) is 66.2 Å². The molecule has 1 nitrogen and oxygen atoms in total. The van der Waals surface area contributed by atoms with Crippen LogP contribution in [0.15, 0.2) is 0 Å². The topological polar surface area (TPSA) is 17.1 Å². The van der Waals surface area contributed by atoms with Crippen LogP contribution in [0.4, 0.5) is 0 Å². The molecule has 2 atom stereocenters. The van der Waals surface area contributed by atoms with E-state index in [4.69, 9.17) is 0 Å². The average molecular weight is 210 g/mol. The number of rotatable bonds is 2. The Morgan fingerprint density at radius 1 is 1.40 bits per heavy atom. The number of carbonyl (C=O) groups excluding carboxylic acids is 1. The molecular weight excluding hydrogens is 184 g/mol. The van der Waals surface area contributed by atoms with Crippen LogP contribution < -0.4 is 0 Å². The summed E-state index contributed by atoms with van der Waals surface area (Å²) >= 11 is 0. The number of hydrogen-bond acceptors (Lipinski definition) is 1. The normalized spacial score (nSPS) is 33.1. The van der Waals surface area contributed by atoms with E-state index in [1.807, 2.05) is 0 Å². The molecule has 0 amide bonds. The van der Waals surface area contributed by atoms with E-state index in [0.29, 0.717) is 11.7 Å². The summed E-state index contributed by atoms with van der Waals surface area (Å²) in [5, 5.41) is 0. The lowest BCUT2D eigenvalue weighted by atomic mass is 9.76. The highest BCUT2D eigenvalue weighted by atomic mass is 16.1. The molecule has 0 radical (unpaired) electrons. The zero-order chi connectivity index (χ0) is 11.5. The smallest absolute Gasteiger partial charge is 0.139 e. The van der Waals surface area contributed by atoms with Crippen molar-refractivity contribution in [1.82, 2.24) is 0 Å². The van der Waals surface area contributed by atoms with Crippen LogP contribution in [0.25, 0.3) is 0 Å². The van der Waals surface area contributed by atoms with E-state index < -0.39 is 0 Å². The Morgan fingerprint density at radius 2 is 2.00 bits per heavy atom. The third kappa shape index (κ3) is 2.83. The van der Waals surface area contributed by atoms with Crippen molar-refractivity contribution in [1.29, 1.82) is 0 Å². The highest BCUT2D eigenvalue weighted by Gasteiger charge is 2.51. The van der Waals surface area contributed by atoms with Gasteiger partial charge in [-0.3, -0.25) is 4.79 Å². The van der Waals surface area contributed by atoms with Crippen LogP contribution in [0.3, 0.4) is 0 Å². The summed E-state index contributed by atoms with van der Waals surface area (Å²) in [7, 11) is 0. The Bertz CT molecular complexity index is 219. The predicted octanol–water partition coefficient (Wildman–Crippen LogP) is 4.21. The van der Waals surface area contributed by atoms with Crippen molar-refractivity contribution >= 4 is 5.78 Å². The van der Waals surface area contributed by atoms with E-state index in [9.17, 15) is 4.79 Å². The number of fused-ring (bicyclic) bond motifs is 2. The van der Waals surface area contributed by atoms with Gasteiger partial charge in [-0.25, -0.2) is 0 Å². The Hall–Kier alpha value is -0.330. The van der Waals surface area contributed by atoms with Crippen LogP contribution >= 0.6 is 0 Å². The van der Waals surface area contributed by atoms with Crippen LogP contribution in [0.2, 0.25) is 0 Å². The maximum absolute atomic E-state index is 11.7. The number of carbonyl (C=O) groups is 1. The van der Waals surface area contributed by atoms with Crippen molar-refractivity contribution in [3.63, 3.8) is 0 Å². The van der Waals surface area contributed by atoms with Gasteiger partial charge in [0.05, 0.1) is 0 Å². The van der Waals surface area contributed by atoms with Gasteiger partial charge in [-0.2, -0.15) is 0 Å². The third-order valence-electron chi connectivity index (χ3n) is 3.58. The molecule has 0 heterocycles. The Kier molecular flexibility index (Phi) is 4.36. The molecule has 2 fully saturated rings. The molecule has 1 heteroatoms. The van der Waals surface area contributed by atoms with Crippen molar-refractivity contribution < 1.29 is 4.79 Å². The fourth-order valence-electron chi connectivity index (χ4n) is 3.22. The Morgan fingerprint density at radius 3 is 2.33 bits per heavy atom. The molecule has 0 aliphatic heterocycles. The number of Topliss-reactive ketones (excluding diaryl/α,β-unsaturated/α-hetero) is 1. The fraction of sp³-hybridized carbons (Fsp3) is 0.929. The summed E-state index contributed by atoms with van der Waals surface area (Å²) in [6, 6.07) is 0. The van der Waals surface area contributed by atoms with E-state index >= 15 is 0 Å². The molecule has 0 aromatic heterocycles. The summed E-state index contributed by atoms with van der Waals surface area (Å²) in [4.78, 5) is 11.7. The summed E-state index contributed by atoms with van der Waals surface area (Å²) in [5.41, 5.74) is 0.152. The molecule has 0 spiro atoms. The van der Waals surface area contributed by atoms with E-state index in [1.165, 1.54) is 25.7 Å². The summed E-state index contributed by atoms with van der Waals surface area (Å²) in [5.74, 6) is 2.02. The Balaban J connectivity index is 0.000000337. The van der Waals surface area contributed by atoms with Gasteiger partial charge in [0.15, 0.2) is 0 Å². The van der Waals surface area contributed by atoms with Crippen LogP contribution in [-0.2, 0) is 4.79 Å². The van der Waals surface area contributed by atoms with E-state index in [-0.39, 0.29) is 5.41 Å². The standard InChI is InChI=1S/C11H18O.C3H8/c1-8(2)6-11-4-3-9(7-11)5-10(11)12;1-3-2/h8-9H,3-7H2,1-2H3;3H2,1-2H3/t9?,11-;/m1./s1. The number of hydrogen-bond donors (Lipinski definition) is 0. The highest BCUT2D eigenvalue weighted by Crippen LogP contribution is 2.54. The molecule has 2 aliphatic rings. The molecular formula is C14H26O. The fourth-order valence-corrected chi connectivity index (χ4v) is 3.22. The van der Waals surface area contributed by atoms with Gasteiger partial charge in [0.25, 0.3) is 0 Å². The molecule has 2 saturated carbocycles. The summed E-state index contributed by atoms with van der Waals surface area (Å²) in [6.45, 7) is 8.71. The predicted molar refractivity (Wildman–Crippen MR) is 64.8 cm³/mol. The lowest BCUT2D eigenvalue weighted by molar-refractivity contribution is -0.127. The van der Waals surface area contributed by atoms with Gasteiger partial charge in [0.1, 0.15) is 5.78 Å². The molecule has 2 rings (SSSR count). The third-order valence-corrected chi connectivity index (χ3v) is 3.58. The minimum atomic E-state index is 0.152. The molecule has 0 N–H and O–H groups in total. The minimum Gasteiger partial charge on any atom is -0.299 e. The second kappa shape index (κ2) is 5.14.